The van der Waals surface area contributed by atoms with Gasteiger partial charge in [0, 0.05) is 12.8 Å². The van der Waals surface area contributed by atoms with E-state index in [1.807, 2.05) is 13.8 Å². The molecule has 0 aliphatic carbocycles. The van der Waals surface area contributed by atoms with Crippen LogP contribution in [0, 0.1) is 0 Å². The highest BCUT2D eigenvalue weighted by Crippen LogP contribution is 2.07. The van der Waals surface area contributed by atoms with E-state index in [-0.39, 0.29) is 23.8 Å². The quantitative estimate of drug-likeness (QED) is 0.793. The van der Waals surface area contributed by atoms with Crippen molar-refractivity contribution in [3.63, 3.8) is 0 Å². The van der Waals surface area contributed by atoms with Gasteiger partial charge < -0.3 is 19.1 Å². The Morgan fingerprint density at radius 2 is 1.20 bits per heavy atom. The second-order valence-corrected chi connectivity index (χ2v) is 5.12. The van der Waals surface area contributed by atoms with Gasteiger partial charge in [-0.05, 0) is 34.1 Å². The van der Waals surface area contributed by atoms with Crippen LogP contribution in [0.3, 0.4) is 0 Å². The van der Waals surface area contributed by atoms with Gasteiger partial charge in [0.1, 0.15) is 11.6 Å². The van der Waals surface area contributed by atoms with E-state index in [9.17, 15) is 9.59 Å². The minimum absolute atomic E-state index is 0.163. The second-order valence-electron chi connectivity index (χ2n) is 5.12. The average molecular weight is 288 g/mol. The molecule has 1 rings (SSSR count). The Balaban J connectivity index is 0. The Labute approximate surface area is 124 Å². The normalized spacial score (nSPS) is 20.9. The van der Waals surface area contributed by atoms with Crippen molar-refractivity contribution in [3.05, 3.63) is 0 Å². The average Bonchev–Trinajstić information content (AvgIpc) is 2.34. The molecule has 0 amide bonds. The first-order chi connectivity index (χ1) is 9.34. The standard InChI is InChI=1S/C7H12O2.C6H12O2.C3H8/c1-6(8)4-3-5-7(2)9;1-5-6(2)8-4-3-7-5;1-3-2/h3-5H2,1-2H3;5-6H,3-4H2,1-2H3;3H2,1-2H3. The Morgan fingerprint density at radius 1 is 0.900 bits per heavy atom. The van der Waals surface area contributed by atoms with Crippen LogP contribution in [0.5, 0.6) is 0 Å². The van der Waals surface area contributed by atoms with Gasteiger partial charge in [-0.2, -0.15) is 0 Å². The number of ether oxygens (including phenoxy) is 2. The second kappa shape index (κ2) is 14.7. The van der Waals surface area contributed by atoms with Gasteiger partial charge in [0.15, 0.2) is 0 Å². The Kier molecular flexibility index (Phi) is 15.8. The van der Waals surface area contributed by atoms with Gasteiger partial charge in [-0.15, -0.1) is 0 Å². The molecule has 0 aromatic carbocycles. The van der Waals surface area contributed by atoms with Gasteiger partial charge in [-0.1, -0.05) is 20.3 Å². The van der Waals surface area contributed by atoms with Crippen molar-refractivity contribution in [3.8, 4) is 0 Å². The molecular formula is C16H32O4. The largest absolute Gasteiger partial charge is 0.373 e. The first kappa shape index (κ1) is 21.6. The highest BCUT2D eigenvalue weighted by Gasteiger charge is 2.16. The molecule has 2 atom stereocenters. The topological polar surface area (TPSA) is 52.6 Å². The molecule has 0 spiro atoms. The summed E-state index contributed by atoms with van der Waals surface area (Å²) in [5.41, 5.74) is 0. The molecule has 0 saturated carbocycles. The van der Waals surface area contributed by atoms with Crippen LogP contribution in [0.1, 0.15) is 67.2 Å². The molecule has 0 radical (unpaired) electrons. The summed E-state index contributed by atoms with van der Waals surface area (Å²) in [6.07, 6.45) is 3.61. The maximum atomic E-state index is 10.3. The number of rotatable bonds is 4. The number of Topliss-reactive ketones (excluding diaryl/α,β-unsaturated/α-hetero) is 2. The first-order valence-corrected chi connectivity index (χ1v) is 7.57. The lowest BCUT2D eigenvalue weighted by molar-refractivity contribution is -0.124. The van der Waals surface area contributed by atoms with Crippen LogP contribution < -0.4 is 0 Å². The van der Waals surface area contributed by atoms with Crippen LogP contribution in [0.15, 0.2) is 0 Å². The Hall–Kier alpha value is -0.740. The summed E-state index contributed by atoms with van der Waals surface area (Å²) >= 11 is 0. The van der Waals surface area contributed by atoms with Gasteiger partial charge >= 0.3 is 0 Å². The van der Waals surface area contributed by atoms with Crippen molar-refractivity contribution in [2.45, 2.75) is 79.4 Å². The van der Waals surface area contributed by atoms with Crippen molar-refractivity contribution < 1.29 is 19.1 Å². The molecule has 0 aromatic rings. The van der Waals surface area contributed by atoms with Gasteiger partial charge in [-0.3, -0.25) is 0 Å². The zero-order chi connectivity index (χ0) is 16.0. The predicted octanol–water partition coefficient (Wildman–Crippen LogP) is 3.56. The van der Waals surface area contributed by atoms with Crippen molar-refractivity contribution in [2.24, 2.45) is 0 Å². The Morgan fingerprint density at radius 3 is 1.40 bits per heavy atom. The summed E-state index contributed by atoms with van der Waals surface area (Å²) in [6, 6.07) is 0. The van der Waals surface area contributed by atoms with Gasteiger partial charge in [-0.25, -0.2) is 0 Å². The van der Waals surface area contributed by atoms with Crippen LogP contribution in [0.2, 0.25) is 0 Å². The summed E-state index contributed by atoms with van der Waals surface area (Å²) in [5.74, 6) is 0.326. The summed E-state index contributed by atoms with van der Waals surface area (Å²) in [4.78, 5) is 20.6. The SMILES string of the molecule is CC(=O)CCCC(C)=O.CC1OCCOC1C.CCC. The van der Waals surface area contributed by atoms with E-state index in [1.54, 1.807) is 13.8 Å². The van der Waals surface area contributed by atoms with Crippen LogP contribution in [-0.4, -0.2) is 37.0 Å². The van der Waals surface area contributed by atoms with E-state index in [0.29, 0.717) is 19.3 Å². The van der Waals surface area contributed by atoms with Gasteiger partial charge in [0.2, 0.25) is 0 Å². The van der Waals surface area contributed by atoms with Crippen LogP contribution in [-0.2, 0) is 19.1 Å². The molecule has 1 fully saturated rings. The van der Waals surface area contributed by atoms with Gasteiger partial charge in [0.25, 0.3) is 0 Å². The third-order valence-electron chi connectivity index (χ3n) is 2.56. The molecule has 20 heavy (non-hydrogen) atoms. The smallest absolute Gasteiger partial charge is 0.129 e. The first-order valence-electron chi connectivity index (χ1n) is 7.57. The molecule has 0 aromatic heterocycles. The van der Waals surface area contributed by atoms with Crippen molar-refractivity contribution >= 4 is 11.6 Å². The lowest BCUT2D eigenvalue weighted by atomic mass is 10.1. The van der Waals surface area contributed by atoms with Crippen LogP contribution >= 0.6 is 0 Å². The summed E-state index contributed by atoms with van der Waals surface area (Å²) < 4.78 is 10.5. The molecule has 1 aliphatic heterocycles. The molecule has 1 saturated heterocycles. The molecular weight excluding hydrogens is 256 g/mol. The third kappa shape index (κ3) is 17.3. The maximum Gasteiger partial charge on any atom is 0.129 e. The van der Waals surface area contributed by atoms with Crippen molar-refractivity contribution in [1.29, 1.82) is 0 Å². The fourth-order valence-corrected chi connectivity index (χ4v) is 1.33. The summed E-state index contributed by atoms with van der Waals surface area (Å²) in [7, 11) is 0. The molecule has 2 unspecified atom stereocenters. The van der Waals surface area contributed by atoms with E-state index in [0.717, 1.165) is 13.2 Å². The number of hydrogen-bond acceptors (Lipinski definition) is 4. The molecule has 0 bridgehead atoms. The zero-order valence-electron chi connectivity index (χ0n) is 14.0. The predicted molar refractivity (Wildman–Crippen MR) is 82.0 cm³/mol. The summed E-state index contributed by atoms with van der Waals surface area (Å²) in [5, 5.41) is 0. The Bertz CT molecular complexity index is 227. The van der Waals surface area contributed by atoms with Gasteiger partial charge in [0.05, 0.1) is 25.4 Å². The number of ketones is 2. The van der Waals surface area contributed by atoms with E-state index >= 15 is 0 Å². The summed E-state index contributed by atoms with van der Waals surface area (Å²) in [6.45, 7) is 12.9. The van der Waals surface area contributed by atoms with E-state index in [4.69, 9.17) is 9.47 Å². The van der Waals surface area contributed by atoms with E-state index in [2.05, 4.69) is 13.8 Å². The molecule has 1 aliphatic rings. The monoisotopic (exact) mass is 288 g/mol. The number of carbonyl (C=O) groups excluding carboxylic acids is 2. The molecule has 1 heterocycles. The molecule has 4 nitrogen and oxygen atoms in total. The lowest BCUT2D eigenvalue weighted by Crippen LogP contribution is -2.33. The lowest BCUT2D eigenvalue weighted by Gasteiger charge is -2.25. The fourth-order valence-electron chi connectivity index (χ4n) is 1.33. The van der Waals surface area contributed by atoms with Crippen LogP contribution in [0.25, 0.3) is 0 Å². The van der Waals surface area contributed by atoms with Crippen molar-refractivity contribution in [2.75, 3.05) is 13.2 Å². The van der Waals surface area contributed by atoms with E-state index < -0.39 is 0 Å². The van der Waals surface area contributed by atoms with Crippen LogP contribution in [0.4, 0.5) is 0 Å². The third-order valence-corrected chi connectivity index (χ3v) is 2.56. The molecule has 0 N–H and O–H groups in total. The number of hydrogen-bond donors (Lipinski definition) is 0. The number of carbonyl (C=O) groups is 2. The van der Waals surface area contributed by atoms with E-state index in [1.165, 1.54) is 6.42 Å². The molecule has 4 heteroatoms. The zero-order valence-corrected chi connectivity index (χ0v) is 14.0. The molecule has 120 valence electrons. The minimum atomic E-state index is 0.163. The minimum Gasteiger partial charge on any atom is -0.373 e. The maximum absolute atomic E-state index is 10.3. The highest BCUT2D eigenvalue weighted by atomic mass is 16.6. The highest BCUT2D eigenvalue weighted by molar-refractivity contribution is 5.78. The van der Waals surface area contributed by atoms with Crippen molar-refractivity contribution in [1.82, 2.24) is 0 Å². The fraction of sp³-hybridized carbons (Fsp3) is 0.875.